The molecule has 3 aromatic carbocycles. The van der Waals surface area contributed by atoms with E-state index in [9.17, 15) is 19.5 Å². The fraction of sp³-hybridized carbons (Fsp3) is 0.400. The van der Waals surface area contributed by atoms with Crippen LogP contribution in [0.5, 0.6) is 5.75 Å². The van der Waals surface area contributed by atoms with Crippen molar-refractivity contribution in [3.63, 3.8) is 0 Å². The number of esters is 1. The van der Waals surface area contributed by atoms with Crippen LogP contribution in [0.2, 0.25) is 18.6 Å². The number of anilines is 2. The Morgan fingerprint density at radius 1 is 1.04 bits per heavy atom. The van der Waals surface area contributed by atoms with Crippen LogP contribution in [0.3, 0.4) is 0 Å². The lowest BCUT2D eigenvalue weighted by atomic mass is 9.82. The van der Waals surface area contributed by atoms with Gasteiger partial charge in [-0.05, 0) is 47.9 Å². The standard InChI is InChI=1S/C35H40N2O7Si/c1-22-33(45(4,5)27-16-14-26(42-3)15-17-27)30(18-19-38)44-35(22)28-8-6-7-9-29(28)36(34(35)41)21-24-10-12-25(13-11-24)37-31(40)20-32(37)43-23(2)39/h6-17,22,30,32-33,38H,18-21H2,1-5H3/t22-,30+,32?,33-,35+/m1/s1. The number of carbonyl (C=O) groups excluding carboxylic acids is 3. The van der Waals surface area contributed by atoms with E-state index in [0.29, 0.717) is 18.7 Å². The molecule has 0 radical (unpaired) electrons. The molecule has 6 rings (SSSR count). The molecule has 0 bridgehead atoms. The molecule has 3 aromatic rings. The van der Waals surface area contributed by atoms with Gasteiger partial charge in [-0.3, -0.25) is 19.3 Å². The van der Waals surface area contributed by atoms with Gasteiger partial charge in [-0.25, -0.2) is 0 Å². The lowest BCUT2D eigenvalue weighted by Gasteiger charge is -2.39. The van der Waals surface area contributed by atoms with Gasteiger partial charge in [0.15, 0.2) is 11.8 Å². The van der Waals surface area contributed by atoms with E-state index in [4.69, 9.17) is 14.2 Å². The second-order valence-electron chi connectivity index (χ2n) is 12.8. The minimum Gasteiger partial charge on any atom is -0.497 e. The summed E-state index contributed by atoms with van der Waals surface area (Å²) in [7, 11) is -0.593. The van der Waals surface area contributed by atoms with E-state index in [1.165, 1.54) is 17.0 Å². The van der Waals surface area contributed by atoms with Crippen LogP contribution in [0, 0.1) is 5.92 Å². The molecule has 1 N–H and O–H groups in total. The Morgan fingerprint density at radius 3 is 2.36 bits per heavy atom. The minimum absolute atomic E-state index is 0.0270. The highest BCUT2D eigenvalue weighted by Gasteiger charge is 2.66. The van der Waals surface area contributed by atoms with Crippen LogP contribution in [-0.4, -0.2) is 57.0 Å². The summed E-state index contributed by atoms with van der Waals surface area (Å²) >= 11 is 0. The van der Waals surface area contributed by atoms with Crippen molar-refractivity contribution in [2.75, 3.05) is 23.5 Å². The van der Waals surface area contributed by atoms with Crippen molar-refractivity contribution in [3.8, 4) is 5.75 Å². The maximum Gasteiger partial charge on any atom is 0.304 e. The third kappa shape index (κ3) is 5.05. The summed E-state index contributed by atoms with van der Waals surface area (Å²) in [5, 5.41) is 11.4. The van der Waals surface area contributed by atoms with Crippen LogP contribution in [0.1, 0.15) is 37.8 Å². The van der Waals surface area contributed by atoms with Crippen LogP contribution >= 0.6 is 0 Å². The second kappa shape index (κ2) is 11.7. The minimum atomic E-state index is -2.25. The lowest BCUT2D eigenvalue weighted by Crippen LogP contribution is -2.54. The molecule has 2 saturated heterocycles. The second-order valence-corrected chi connectivity index (χ2v) is 17.5. The summed E-state index contributed by atoms with van der Waals surface area (Å²) in [6.07, 6.45) is -0.274. The number of nitrogens with zero attached hydrogens (tertiary/aromatic N) is 2. The largest absolute Gasteiger partial charge is 0.497 e. The molecule has 10 heteroatoms. The molecule has 9 nitrogen and oxygen atoms in total. The Labute approximate surface area is 264 Å². The SMILES string of the molecule is COc1ccc([Si](C)(C)[C@H]2[C@H](CCO)O[C@@]3(C(=O)N(Cc4ccc(N5C(=O)CC5OC(C)=O)cc4)c4ccccc43)[C@@H]2C)cc1. The number of carbonyl (C=O) groups is 3. The first-order chi connectivity index (χ1) is 21.5. The van der Waals surface area contributed by atoms with Crippen molar-refractivity contribution in [2.24, 2.45) is 5.92 Å². The fourth-order valence-corrected chi connectivity index (χ4v) is 11.8. The summed E-state index contributed by atoms with van der Waals surface area (Å²) < 4.78 is 17.6. The molecule has 3 aliphatic heterocycles. The van der Waals surface area contributed by atoms with Gasteiger partial charge in [0.2, 0.25) is 5.91 Å². The molecular weight excluding hydrogens is 588 g/mol. The number of β-lactam (4-membered cyclic amide) rings is 1. The van der Waals surface area contributed by atoms with Gasteiger partial charge >= 0.3 is 5.97 Å². The Morgan fingerprint density at radius 2 is 1.73 bits per heavy atom. The predicted molar refractivity (Wildman–Crippen MR) is 173 cm³/mol. The van der Waals surface area contributed by atoms with Gasteiger partial charge in [0.05, 0.1) is 39.9 Å². The third-order valence-electron chi connectivity index (χ3n) is 9.92. The zero-order valence-corrected chi connectivity index (χ0v) is 27.4. The predicted octanol–water partition coefficient (Wildman–Crippen LogP) is 4.47. The summed E-state index contributed by atoms with van der Waals surface area (Å²) in [5.74, 6) is 0.00989. The van der Waals surface area contributed by atoms with Crippen LogP contribution in [0.4, 0.5) is 11.4 Å². The van der Waals surface area contributed by atoms with Crippen molar-refractivity contribution >= 4 is 42.4 Å². The molecule has 1 spiro atoms. The first-order valence-corrected chi connectivity index (χ1v) is 18.5. The Balaban J connectivity index is 1.31. The third-order valence-corrected chi connectivity index (χ3v) is 14.3. The van der Waals surface area contributed by atoms with Crippen molar-refractivity contribution in [2.45, 2.75) is 69.8 Å². The molecule has 0 aromatic heterocycles. The monoisotopic (exact) mass is 628 g/mol. The number of amides is 2. The van der Waals surface area contributed by atoms with Crippen molar-refractivity contribution < 1.29 is 33.7 Å². The van der Waals surface area contributed by atoms with Gasteiger partial charge in [0.25, 0.3) is 5.91 Å². The average molecular weight is 629 g/mol. The molecule has 5 atom stereocenters. The summed E-state index contributed by atoms with van der Waals surface area (Å²) in [5.41, 5.74) is 2.10. The zero-order chi connectivity index (χ0) is 32.1. The summed E-state index contributed by atoms with van der Waals surface area (Å²) in [4.78, 5) is 41.7. The van der Waals surface area contributed by atoms with Crippen LogP contribution in [-0.2, 0) is 36.0 Å². The number of methoxy groups -OCH3 is 1. The molecule has 236 valence electrons. The number of rotatable bonds is 9. The number of hydrogen-bond donors (Lipinski definition) is 1. The summed E-state index contributed by atoms with van der Waals surface area (Å²) in [6, 6.07) is 23.5. The van der Waals surface area contributed by atoms with Crippen LogP contribution < -0.4 is 19.7 Å². The topological polar surface area (TPSA) is 106 Å². The van der Waals surface area contributed by atoms with E-state index >= 15 is 0 Å². The first-order valence-electron chi connectivity index (χ1n) is 15.5. The molecule has 45 heavy (non-hydrogen) atoms. The fourth-order valence-electron chi connectivity index (χ4n) is 7.75. The van der Waals surface area contributed by atoms with E-state index < -0.39 is 25.9 Å². The Bertz CT molecular complexity index is 1610. The van der Waals surface area contributed by atoms with E-state index in [0.717, 1.165) is 22.6 Å². The number of aliphatic hydroxyl groups is 1. The molecule has 1 unspecified atom stereocenters. The van der Waals surface area contributed by atoms with Gasteiger partial charge in [0.1, 0.15) is 5.75 Å². The lowest BCUT2D eigenvalue weighted by molar-refractivity contribution is -0.154. The highest BCUT2D eigenvalue weighted by atomic mass is 28.3. The number of aliphatic hydroxyl groups excluding tert-OH is 1. The number of fused-ring (bicyclic) bond motifs is 2. The van der Waals surface area contributed by atoms with Gasteiger partial charge in [0, 0.05) is 30.7 Å². The van der Waals surface area contributed by atoms with Gasteiger partial charge in [-0.2, -0.15) is 0 Å². The molecular formula is C35H40N2O7Si. The van der Waals surface area contributed by atoms with E-state index in [1.807, 2.05) is 60.7 Å². The Kier molecular flexibility index (Phi) is 8.09. The maximum absolute atomic E-state index is 14.7. The normalized spacial score (nSPS) is 25.8. The van der Waals surface area contributed by atoms with Crippen molar-refractivity contribution in [1.29, 1.82) is 0 Å². The highest BCUT2D eigenvalue weighted by Crippen LogP contribution is 2.60. The molecule has 3 heterocycles. The van der Waals surface area contributed by atoms with Gasteiger partial charge < -0.3 is 24.2 Å². The number of para-hydroxylation sites is 1. The van der Waals surface area contributed by atoms with Crippen molar-refractivity contribution in [3.05, 3.63) is 83.9 Å². The van der Waals surface area contributed by atoms with Crippen LogP contribution in [0.25, 0.3) is 0 Å². The molecule has 3 aliphatic rings. The summed E-state index contributed by atoms with van der Waals surface area (Å²) in [6.45, 7) is 8.40. The van der Waals surface area contributed by atoms with E-state index in [2.05, 4.69) is 32.2 Å². The van der Waals surface area contributed by atoms with E-state index in [-0.39, 0.29) is 42.4 Å². The molecule has 2 fully saturated rings. The van der Waals surface area contributed by atoms with Gasteiger partial charge in [-0.15, -0.1) is 0 Å². The molecule has 0 aliphatic carbocycles. The van der Waals surface area contributed by atoms with Crippen LogP contribution in [0.15, 0.2) is 72.8 Å². The van der Waals surface area contributed by atoms with Gasteiger partial charge in [-0.1, -0.05) is 67.7 Å². The average Bonchev–Trinajstić information content (AvgIpc) is 3.44. The number of ether oxygens (including phenoxy) is 3. The molecule has 2 amide bonds. The first kappa shape index (κ1) is 31.0. The smallest absolute Gasteiger partial charge is 0.304 e. The maximum atomic E-state index is 14.7. The molecule has 0 saturated carbocycles. The highest BCUT2D eigenvalue weighted by molar-refractivity contribution is 6.91. The van der Waals surface area contributed by atoms with E-state index in [1.54, 1.807) is 12.0 Å². The Hall–Kier alpha value is -3.99. The van der Waals surface area contributed by atoms with Crippen molar-refractivity contribution in [1.82, 2.24) is 0 Å². The number of benzene rings is 3. The number of hydrogen-bond acceptors (Lipinski definition) is 7. The quantitative estimate of drug-likeness (QED) is 0.212. The zero-order valence-electron chi connectivity index (χ0n) is 26.4.